The maximum Gasteiger partial charge on any atom is 0.233 e. The molecule has 106 valence electrons. The molecule has 3 rings (SSSR count). The van der Waals surface area contributed by atoms with Crippen molar-refractivity contribution in [3.8, 4) is 0 Å². The lowest BCUT2D eigenvalue weighted by Gasteiger charge is -2.06. The molecule has 0 amide bonds. The van der Waals surface area contributed by atoms with Gasteiger partial charge in [-0.1, -0.05) is 16.8 Å². The first-order chi connectivity index (χ1) is 9.72. The Hall–Kier alpha value is -1.08. The van der Waals surface area contributed by atoms with Crippen molar-refractivity contribution in [2.45, 2.75) is 22.6 Å². The first-order valence-electron chi connectivity index (χ1n) is 6.26. The molecule has 0 aliphatic carbocycles. The van der Waals surface area contributed by atoms with Gasteiger partial charge in [-0.05, 0) is 24.3 Å². The first-order valence-corrected chi connectivity index (χ1v) is 7.63. The number of hydrogen-bond acceptors (Lipinski definition) is 6. The van der Waals surface area contributed by atoms with Crippen molar-refractivity contribution >= 4 is 23.4 Å². The molecule has 2 atom stereocenters. The summed E-state index contributed by atoms with van der Waals surface area (Å²) in [5.41, 5.74) is 5.93. The van der Waals surface area contributed by atoms with Crippen LogP contribution in [0.4, 0.5) is 0 Å². The average molecular weight is 312 g/mol. The van der Waals surface area contributed by atoms with E-state index in [0.29, 0.717) is 30.7 Å². The second kappa shape index (κ2) is 6.13. The second-order valence-electron chi connectivity index (χ2n) is 4.60. The summed E-state index contributed by atoms with van der Waals surface area (Å²) in [6.45, 7) is 1.09. The zero-order chi connectivity index (χ0) is 13.9. The first kappa shape index (κ1) is 13.9. The van der Waals surface area contributed by atoms with Gasteiger partial charge in [0, 0.05) is 16.0 Å². The highest BCUT2D eigenvalue weighted by atomic mass is 35.5. The fraction of sp³-hybridized carbons (Fsp3) is 0.385. The summed E-state index contributed by atoms with van der Waals surface area (Å²) in [6.07, 6.45) is 0. The van der Waals surface area contributed by atoms with E-state index in [0.717, 1.165) is 9.92 Å². The van der Waals surface area contributed by atoms with Crippen LogP contribution >= 0.6 is 23.4 Å². The van der Waals surface area contributed by atoms with E-state index in [1.807, 2.05) is 24.3 Å². The predicted molar refractivity (Wildman–Crippen MR) is 76.8 cm³/mol. The molecule has 0 saturated carbocycles. The molecule has 5 nitrogen and oxygen atoms in total. The number of rotatable bonds is 4. The molecule has 1 aromatic carbocycles. The highest BCUT2D eigenvalue weighted by molar-refractivity contribution is 7.98. The molecule has 1 saturated heterocycles. The summed E-state index contributed by atoms with van der Waals surface area (Å²) < 4.78 is 10.6. The van der Waals surface area contributed by atoms with Crippen LogP contribution in [0.5, 0.6) is 0 Å². The van der Waals surface area contributed by atoms with Gasteiger partial charge in [-0.3, -0.25) is 0 Å². The number of aromatic nitrogens is 2. The van der Waals surface area contributed by atoms with Gasteiger partial charge in [0.05, 0.1) is 24.9 Å². The third-order valence-corrected chi connectivity index (χ3v) is 4.37. The molecule has 2 heterocycles. The van der Waals surface area contributed by atoms with Crippen LogP contribution in [0.15, 0.2) is 33.7 Å². The molecule has 0 bridgehead atoms. The number of ether oxygens (including phenoxy) is 1. The molecule has 0 radical (unpaired) electrons. The molecule has 20 heavy (non-hydrogen) atoms. The Morgan fingerprint density at radius 1 is 1.30 bits per heavy atom. The average Bonchev–Trinajstić information content (AvgIpc) is 3.06. The molecule has 2 aromatic rings. The van der Waals surface area contributed by atoms with E-state index in [1.165, 1.54) is 0 Å². The quantitative estimate of drug-likeness (QED) is 0.874. The second-order valence-corrected chi connectivity index (χ2v) is 6.08. The number of thioether (sulfide) groups is 1. The number of hydrogen-bond donors (Lipinski definition) is 1. The monoisotopic (exact) mass is 311 g/mol. The van der Waals surface area contributed by atoms with Crippen LogP contribution in [-0.2, 0) is 10.5 Å². The Kier molecular flexibility index (Phi) is 4.26. The minimum atomic E-state index is -0.0628. The highest BCUT2D eigenvalue weighted by Gasteiger charge is 2.31. The minimum Gasteiger partial charge on any atom is -0.379 e. The van der Waals surface area contributed by atoms with Gasteiger partial charge in [-0.15, -0.1) is 11.8 Å². The zero-order valence-corrected chi connectivity index (χ0v) is 12.2. The van der Waals surface area contributed by atoms with Crippen LogP contribution in [0.1, 0.15) is 17.6 Å². The Labute approximate surface area is 125 Å². The third-order valence-electron chi connectivity index (χ3n) is 3.11. The van der Waals surface area contributed by atoms with E-state index in [2.05, 4.69) is 10.1 Å². The number of halogens is 1. The largest absolute Gasteiger partial charge is 0.379 e. The number of benzene rings is 1. The molecule has 1 fully saturated rings. The zero-order valence-electron chi connectivity index (χ0n) is 10.7. The molecule has 1 aliphatic heterocycles. The van der Waals surface area contributed by atoms with Gasteiger partial charge in [0.1, 0.15) is 0 Å². The summed E-state index contributed by atoms with van der Waals surface area (Å²) in [4.78, 5) is 5.50. The van der Waals surface area contributed by atoms with E-state index in [-0.39, 0.29) is 12.0 Å². The van der Waals surface area contributed by atoms with E-state index >= 15 is 0 Å². The maximum absolute atomic E-state index is 5.93. The predicted octanol–water partition coefficient (Wildman–Crippen LogP) is 2.46. The molecule has 2 N–H and O–H groups in total. The van der Waals surface area contributed by atoms with Crippen LogP contribution in [0.25, 0.3) is 0 Å². The summed E-state index contributed by atoms with van der Waals surface area (Å²) in [5.74, 6) is 1.89. The number of nitrogens with two attached hydrogens (primary N) is 1. The highest BCUT2D eigenvalue weighted by Crippen LogP contribution is 2.26. The van der Waals surface area contributed by atoms with Crippen LogP contribution < -0.4 is 5.73 Å². The lowest BCUT2D eigenvalue weighted by molar-refractivity contribution is 0.187. The summed E-state index contributed by atoms with van der Waals surface area (Å²) in [7, 11) is 0. The van der Waals surface area contributed by atoms with Crippen molar-refractivity contribution in [1.29, 1.82) is 0 Å². The van der Waals surface area contributed by atoms with Crippen molar-refractivity contribution in [2.24, 2.45) is 5.73 Å². The van der Waals surface area contributed by atoms with Crippen molar-refractivity contribution < 1.29 is 9.26 Å². The minimum absolute atomic E-state index is 0.0109. The van der Waals surface area contributed by atoms with Crippen molar-refractivity contribution in [1.82, 2.24) is 10.1 Å². The Morgan fingerprint density at radius 2 is 2.10 bits per heavy atom. The smallest absolute Gasteiger partial charge is 0.233 e. The van der Waals surface area contributed by atoms with Crippen LogP contribution in [0, 0.1) is 0 Å². The molecular formula is C13H14ClN3O2S. The van der Waals surface area contributed by atoms with Gasteiger partial charge in [-0.25, -0.2) is 0 Å². The molecular weight excluding hydrogens is 298 g/mol. The van der Waals surface area contributed by atoms with Crippen LogP contribution in [-0.4, -0.2) is 29.4 Å². The lowest BCUT2D eigenvalue weighted by Crippen LogP contribution is -2.27. The maximum atomic E-state index is 5.93. The van der Waals surface area contributed by atoms with Gasteiger partial charge in [0.15, 0.2) is 5.82 Å². The fourth-order valence-corrected chi connectivity index (χ4v) is 2.85. The van der Waals surface area contributed by atoms with Gasteiger partial charge >= 0.3 is 0 Å². The van der Waals surface area contributed by atoms with Gasteiger partial charge in [0.2, 0.25) is 5.89 Å². The van der Waals surface area contributed by atoms with Gasteiger partial charge < -0.3 is 15.0 Å². The third kappa shape index (κ3) is 3.15. The molecule has 7 heteroatoms. The van der Waals surface area contributed by atoms with E-state index < -0.39 is 0 Å². The van der Waals surface area contributed by atoms with Gasteiger partial charge in [-0.2, -0.15) is 4.98 Å². The van der Waals surface area contributed by atoms with Crippen molar-refractivity contribution in [3.63, 3.8) is 0 Å². The molecule has 0 spiro atoms. The topological polar surface area (TPSA) is 74.2 Å². The summed E-state index contributed by atoms with van der Waals surface area (Å²) in [6, 6.07) is 7.59. The molecule has 1 aromatic heterocycles. The normalized spacial score (nSPS) is 22.3. The van der Waals surface area contributed by atoms with E-state index in [1.54, 1.807) is 11.8 Å². The van der Waals surface area contributed by atoms with Gasteiger partial charge in [0.25, 0.3) is 0 Å². The van der Waals surface area contributed by atoms with Crippen LogP contribution in [0.2, 0.25) is 5.02 Å². The molecule has 1 aliphatic rings. The summed E-state index contributed by atoms with van der Waals surface area (Å²) in [5, 5.41) is 4.71. The Bertz CT molecular complexity index is 575. The van der Waals surface area contributed by atoms with Crippen molar-refractivity contribution in [3.05, 3.63) is 41.0 Å². The standard InChI is InChI=1S/C13H14ClN3O2S/c14-8-1-3-9(4-2-8)20-7-12-16-13(19-17-12)10-5-18-6-11(10)15/h1-4,10-11H,5-7,15H2. The van der Waals surface area contributed by atoms with E-state index in [4.69, 9.17) is 26.6 Å². The van der Waals surface area contributed by atoms with Crippen molar-refractivity contribution in [2.75, 3.05) is 13.2 Å². The van der Waals surface area contributed by atoms with E-state index in [9.17, 15) is 0 Å². The lowest BCUT2D eigenvalue weighted by atomic mass is 10.1. The Balaban J connectivity index is 1.61. The SMILES string of the molecule is NC1COCC1c1nc(CSc2ccc(Cl)cc2)no1. The molecule has 2 unspecified atom stereocenters. The summed E-state index contributed by atoms with van der Waals surface area (Å²) >= 11 is 7.48. The van der Waals surface area contributed by atoms with Crippen LogP contribution in [0.3, 0.4) is 0 Å². The number of nitrogens with zero attached hydrogens (tertiary/aromatic N) is 2. The fourth-order valence-electron chi connectivity index (χ4n) is 1.98. The Morgan fingerprint density at radius 3 is 2.80 bits per heavy atom.